The highest BCUT2D eigenvalue weighted by Crippen LogP contribution is 2.38. The van der Waals surface area contributed by atoms with E-state index in [1.165, 1.54) is 11.6 Å². The summed E-state index contributed by atoms with van der Waals surface area (Å²) in [6.07, 6.45) is 0. The number of aromatic nitrogens is 4. The van der Waals surface area contributed by atoms with Crippen molar-refractivity contribution in [1.29, 1.82) is 0 Å². The lowest BCUT2D eigenvalue weighted by molar-refractivity contribution is 0.547. The molecule has 33 heavy (non-hydrogen) atoms. The minimum Gasteiger partial charge on any atom is -0.460 e. The van der Waals surface area contributed by atoms with Gasteiger partial charge in [-0.05, 0) is 36.8 Å². The van der Waals surface area contributed by atoms with E-state index in [-0.39, 0.29) is 5.56 Å². The van der Waals surface area contributed by atoms with Gasteiger partial charge in [0.1, 0.15) is 17.0 Å². The second kappa shape index (κ2) is 6.80. The van der Waals surface area contributed by atoms with E-state index in [9.17, 15) is 9.59 Å². The minimum atomic E-state index is -0.394. The van der Waals surface area contributed by atoms with E-state index < -0.39 is 5.69 Å². The SMILES string of the molecule is Cc1ccc(-c2nc3ccccc3n3c(-c4ccccc4)c4c(=O)n(C)c(=O)n(C)c4c23)o1. The maximum atomic E-state index is 13.5. The lowest BCUT2D eigenvalue weighted by Gasteiger charge is -2.10. The van der Waals surface area contributed by atoms with Crippen LogP contribution in [0.1, 0.15) is 5.76 Å². The van der Waals surface area contributed by atoms with Gasteiger partial charge in [0.2, 0.25) is 0 Å². The van der Waals surface area contributed by atoms with Gasteiger partial charge >= 0.3 is 5.69 Å². The first-order valence-electron chi connectivity index (χ1n) is 10.6. The average Bonchev–Trinajstić information content (AvgIpc) is 3.43. The monoisotopic (exact) mass is 436 g/mol. The summed E-state index contributed by atoms with van der Waals surface area (Å²) in [5, 5.41) is 0.466. The number of furan rings is 1. The number of rotatable bonds is 2. The number of nitrogens with zero attached hydrogens (tertiary/aromatic N) is 4. The van der Waals surface area contributed by atoms with Gasteiger partial charge in [0.05, 0.1) is 27.6 Å². The standard InChI is InChI=1S/C26H20N4O3/c1-15-13-14-19(33-15)21-24-23-20(25(31)29(3)26(32)28(23)2)22(16-9-5-4-6-10-16)30(24)18-12-8-7-11-17(18)27-21/h4-14H,1-3H3. The number of benzene rings is 2. The van der Waals surface area contributed by atoms with Crippen LogP contribution in [0.2, 0.25) is 0 Å². The Hall–Kier alpha value is -4.39. The molecule has 4 heterocycles. The highest BCUT2D eigenvalue weighted by Gasteiger charge is 2.26. The van der Waals surface area contributed by atoms with Gasteiger partial charge in [-0.1, -0.05) is 42.5 Å². The Balaban J connectivity index is 2.02. The molecule has 0 aliphatic heterocycles. The first-order valence-corrected chi connectivity index (χ1v) is 10.6. The van der Waals surface area contributed by atoms with Gasteiger partial charge in [-0.25, -0.2) is 9.78 Å². The van der Waals surface area contributed by atoms with Gasteiger partial charge < -0.3 is 8.82 Å². The van der Waals surface area contributed by atoms with E-state index in [1.54, 1.807) is 7.05 Å². The fourth-order valence-corrected chi connectivity index (χ4v) is 4.65. The van der Waals surface area contributed by atoms with Crippen LogP contribution in [0.3, 0.4) is 0 Å². The Morgan fingerprint density at radius 3 is 2.27 bits per heavy atom. The third-order valence-electron chi connectivity index (χ3n) is 6.17. The van der Waals surface area contributed by atoms with Crippen molar-refractivity contribution >= 4 is 27.5 Å². The normalized spacial score (nSPS) is 11.7. The maximum absolute atomic E-state index is 13.5. The summed E-state index contributed by atoms with van der Waals surface area (Å²) in [6, 6.07) is 21.3. The molecule has 0 radical (unpaired) electrons. The van der Waals surface area contributed by atoms with E-state index in [2.05, 4.69) is 0 Å². The Kier molecular flexibility index (Phi) is 3.98. The smallest absolute Gasteiger partial charge is 0.331 e. The molecule has 4 aromatic heterocycles. The number of hydrogen-bond donors (Lipinski definition) is 0. The predicted octanol–water partition coefficient (Wildman–Crippen LogP) is 4.27. The average molecular weight is 436 g/mol. The van der Waals surface area contributed by atoms with Crippen molar-refractivity contribution in [2.24, 2.45) is 14.1 Å². The van der Waals surface area contributed by atoms with Crippen molar-refractivity contribution in [3.63, 3.8) is 0 Å². The van der Waals surface area contributed by atoms with Crippen molar-refractivity contribution in [3.8, 4) is 22.7 Å². The maximum Gasteiger partial charge on any atom is 0.331 e. The zero-order chi connectivity index (χ0) is 22.9. The minimum absolute atomic E-state index is 0.346. The molecular formula is C26H20N4O3. The summed E-state index contributed by atoms with van der Waals surface area (Å²) >= 11 is 0. The van der Waals surface area contributed by atoms with Crippen LogP contribution in [0.25, 0.3) is 50.2 Å². The summed E-state index contributed by atoms with van der Waals surface area (Å²) in [5.41, 5.74) is 4.22. The molecule has 6 rings (SSSR count). The van der Waals surface area contributed by atoms with Crippen LogP contribution in [0.4, 0.5) is 0 Å². The van der Waals surface area contributed by atoms with Crippen LogP contribution in [-0.4, -0.2) is 18.5 Å². The molecule has 0 aliphatic carbocycles. The van der Waals surface area contributed by atoms with Crippen molar-refractivity contribution in [2.75, 3.05) is 0 Å². The van der Waals surface area contributed by atoms with Gasteiger partial charge in [0.15, 0.2) is 5.76 Å². The molecule has 0 amide bonds. The first kappa shape index (κ1) is 19.3. The molecule has 0 bridgehead atoms. The van der Waals surface area contributed by atoms with Crippen LogP contribution in [0.15, 0.2) is 80.7 Å². The summed E-state index contributed by atoms with van der Waals surface area (Å²) in [5.74, 6) is 1.33. The van der Waals surface area contributed by atoms with Crippen LogP contribution in [-0.2, 0) is 14.1 Å². The Labute approximate surface area is 187 Å². The van der Waals surface area contributed by atoms with Crippen LogP contribution in [0.5, 0.6) is 0 Å². The van der Waals surface area contributed by atoms with E-state index in [0.717, 1.165) is 32.6 Å². The molecule has 2 aromatic carbocycles. The molecule has 162 valence electrons. The topological polar surface area (TPSA) is 74.4 Å². The van der Waals surface area contributed by atoms with Crippen molar-refractivity contribution < 1.29 is 4.42 Å². The van der Waals surface area contributed by atoms with E-state index in [0.29, 0.717) is 27.9 Å². The summed E-state index contributed by atoms with van der Waals surface area (Å²) in [7, 11) is 3.19. The lowest BCUT2D eigenvalue weighted by atomic mass is 10.1. The predicted molar refractivity (Wildman–Crippen MR) is 129 cm³/mol. The highest BCUT2D eigenvalue weighted by molar-refractivity contribution is 6.10. The first-order chi connectivity index (χ1) is 16.0. The van der Waals surface area contributed by atoms with Crippen molar-refractivity contribution in [2.45, 2.75) is 6.92 Å². The summed E-state index contributed by atoms with van der Waals surface area (Å²) in [4.78, 5) is 31.5. The number of hydrogen-bond acceptors (Lipinski definition) is 4. The summed E-state index contributed by atoms with van der Waals surface area (Å²) < 4.78 is 10.7. The van der Waals surface area contributed by atoms with Crippen molar-refractivity contribution in [1.82, 2.24) is 18.5 Å². The van der Waals surface area contributed by atoms with E-state index in [4.69, 9.17) is 9.40 Å². The van der Waals surface area contributed by atoms with Crippen molar-refractivity contribution in [3.05, 3.63) is 93.3 Å². The molecule has 0 N–H and O–H groups in total. The second-order valence-electron chi connectivity index (χ2n) is 8.19. The van der Waals surface area contributed by atoms with Gasteiger partial charge in [-0.3, -0.25) is 13.9 Å². The molecule has 0 atom stereocenters. The Morgan fingerprint density at radius 1 is 0.818 bits per heavy atom. The molecule has 6 aromatic rings. The molecule has 7 nitrogen and oxygen atoms in total. The molecule has 0 spiro atoms. The van der Waals surface area contributed by atoms with E-state index in [1.807, 2.05) is 78.1 Å². The fraction of sp³-hybridized carbons (Fsp3) is 0.115. The Morgan fingerprint density at radius 2 is 1.55 bits per heavy atom. The lowest BCUT2D eigenvalue weighted by Crippen LogP contribution is -2.36. The molecule has 0 unspecified atom stereocenters. The number of aryl methyl sites for hydroxylation is 2. The van der Waals surface area contributed by atoms with E-state index >= 15 is 0 Å². The largest absolute Gasteiger partial charge is 0.460 e. The zero-order valence-electron chi connectivity index (χ0n) is 18.4. The molecule has 0 saturated carbocycles. The molecule has 0 saturated heterocycles. The molecule has 0 fully saturated rings. The van der Waals surface area contributed by atoms with Crippen LogP contribution < -0.4 is 11.2 Å². The molecule has 0 aliphatic rings. The fourth-order valence-electron chi connectivity index (χ4n) is 4.65. The summed E-state index contributed by atoms with van der Waals surface area (Å²) in [6.45, 7) is 1.87. The van der Waals surface area contributed by atoms with Crippen LogP contribution in [0, 0.1) is 6.92 Å². The number of para-hydroxylation sites is 2. The third kappa shape index (κ3) is 2.59. The number of fused-ring (bicyclic) bond motifs is 5. The van der Waals surface area contributed by atoms with Gasteiger partial charge in [0.25, 0.3) is 5.56 Å². The quantitative estimate of drug-likeness (QED) is 0.406. The molecule has 7 heteroatoms. The van der Waals surface area contributed by atoms with Gasteiger partial charge in [0, 0.05) is 14.1 Å². The Bertz CT molecular complexity index is 1840. The van der Waals surface area contributed by atoms with Gasteiger partial charge in [-0.2, -0.15) is 0 Å². The highest BCUT2D eigenvalue weighted by atomic mass is 16.3. The third-order valence-corrected chi connectivity index (χ3v) is 6.17. The molecular weight excluding hydrogens is 416 g/mol. The van der Waals surface area contributed by atoms with Gasteiger partial charge in [-0.15, -0.1) is 0 Å². The second-order valence-corrected chi connectivity index (χ2v) is 8.19. The zero-order valence-corrected chi connectivity index (χ0v) is 18.4. The van der Waals surface area contributed by atoms with Crippen LogP contribution >= 0.6 is 0 Å².